The zero-order valence-electron chi connectivity index (χ0n) is 10.6. The predicted octanol–water partition coefficient (Wildman–Crippen LogP) is 0.854. The number of benzene rings is 1. The molecule has 2 fully saturated rings. The molecule has 2 unspecified atom stereocenters. The fraction of sp³-hybridized carbons (Fsp3) is 0.500. The molecule has 4 N–H and O–H groups in total. The summed E-state index contributed by atoms with van der Waals surface area (Å²) in [5.74, 6) is 1.99. The van der Waals surface area contributed by atoms with Gasteiger partial charge in [0.25, 0.3) is 5.91 Å². The molecule has 5 heteroatoms. The molecular formula is C14H18ClN2O2+. The first kappa shape index (κ1) is 12.8. The van der Waals surface area contributed by atoms with Crippen LogP contribution in [0.2, 0.25) is 5.02 Å². The fourth-order valence-corrected chi connectivity index (χ4v) is 3.14. The third-order valence-electron chi connectivity index (χ3n) is 4.10. The SMILES string of the molecule is [NH3+][C@H]1C[C@@H](NC(=O)COc2ccc(Cl)cc2)C2CC21. The first-order chi connectivity index (χ1) is 9.13. The van der Waals surface area contributed by atoms with E-state index in [1.165, 1.54) is 6.42 Å². The minimum Gasteiger partial charge on any atom is -0.484 e. The summed E-state index contributed by atoms with van der Waals surface area (Å²) in [5, 5.41) is 3.71. The maximum Gasteiger partial charge on any atom is 0.258 e. The van der Waals surface area contributed by atoms with Crippen LogP contribution in [0.1, 0.15) is 12.8 Å². The molecule has 1 aromatic rings. The lowest BCUT2D eigenvalue weighted by Crippen LogP contribution is -2.62. The van der Waals surface area contributed by atoms with Crippen LogP contribution in [0, 0.1) is 11.8 Å². The van der Waals surface area contributed by atoms with E-state index < -0.39 is 0 Å². The van der Waals surface area contributed by atoms with E-state index in [4.69, 9.17) is 16.3 Å². The Morgan fingerprint density at radius 2 is 2.05 bits per heavy atom. The van der Waals surface area contributed by atoms with Crippen LogP contribution in [-0.4, -0.2) is 24.6 Å². The smallest absolute Gasteiger partial charge is 0.258 e. The molecule has 0 saturated heterocycles. The molecule has 2 aliphatic carbocycles. The van der Waals surface area contributed by atoms with Crippen LogP contribution >= 0.6 is 11.6 Å². The van der Waals surface area contributed by atoms with Crippen LogP contribution in [-0.2, 0) is 4.79 Å². The van der Waals surface area contributed by atoms with Gasteiger partial charge in [-0.3, -0.25) is 4.79 Å². The van der Waals surface area contributed by atoms with Gasteiger partial charge in [-0.05, 0) is 36.6 Å². The van der Waals surface area contributed by atoms with Crippen molar-refractivity contribution < 1.29 is 15.3 Å². The summed E-state index contributed by atoms with van der Waals surface area (Å²) in [6, 6.07) is 7.81. The maximum absolute atomic E-state index is 11.8. The van der Waals surface area contributed by atoms with E-state index in [0.29, 0.717) is 28.8 Å². The summed E-state index contributed by atoms with van der Waals surface area (Å²) >= 11 is 5.78. The van der Waals surface area contributed by atoms with Crippen LogP contribution < -0.4 is 15.8 Å². The summed E-state index contributed by atoms with van der Waals surface area (Å²) < 4.78 is 5.42. The second-order valence-corrected chi connectivity index (χ2v) is 5.91. The monoisotopic (exact) mass is 281 g/mol. The minimum absolute atomic E-state index is 0.0529. The van der Waals surface area contributed by atoms with E-state index in [2.05, 4.69) is 11.1 Å². The Kier molecular flexibility index (Phi) is 3.37. The van der Waals surface area contributed by atoms with Crippen LogP contribution in [0.5, 0.6) is 5.75 Å². The number of rotatable bonds is 4. The quantitative estimate of drug-likeness (QED) is 0.859. The normalized spacial score (nSPS) is 31.7. The zero-order chi connectivity index (χ0) is 13.4. The number of fused-ring (bicyclic) bond motifs is 1. The highest BCUT2D eigenvalue weighted by Crippen LogP contribution is 2.50. The molecule has 0 spiro atoms. The van der Waals surface area contributed by atoms with E-state index in [9.17, 15) is 4.79 Å². The number of hydrogen-bond donors (Lipinski definition) is 2. The number of quaternary nitrogens is 1. The third kappa shape index (κ3) is 2.85. The van der Waals surface area contributed by atoms with Gasteiger partial charge in [0.2, 0.25) is 0 Å². The minimum atomic E-state index is -0.0558. The first-order valence-electron chi connectivity index (χ1n) is 6.64. The number of carbonyl (C=O) groups is 1. The van der Waals surface area contributed by atoms with Gasteiger partial charge in [-0.1, -0.05) is 11.6 Å². The number of nitrogens with one attached hydrogen (secondary N) is 1. The van der Waals surface area contributed by atoms with Gasteiger partial charge in [-0.25, -0.2) is 0 Å². The largest absolute Gasteiger partial charge is 0.484 e. The van der Waals surface area contributed by atoms with Gasteiger partial charge in [-0.2, -0.15) is 0 Å². The van der Waals surface area contributed by atoms with Crippen molar-refractivity contribution in [2.24, 2.45) is 11.8 Å². The Morgan fingerprint density at radius 3 is 2.63 bits per heavy atom. The average Bonchev–Trinajstić information content (AvgIpc) is 3.12. The average molecular weight is 282 g/mol. The molecule has 19 heavy (non-hydrogen) atoms. The fourth-order valence-electron chi connectivity index (χ4n) is 3.01. The molecular weight excluding hydrogens is 264 g/mol. The van der Waals surface area contributed by atoms with E-state index in [1.54, 1.807) is 24.3 Å². The molecule has 102 valence electrons. The van der Waals surface area contributed by atoms with E-state index in [0.717, 1.165) is 12.3 Å². The van der Waals surface area contributed by atoms with Gasteiger partial charge in [0.05, 0.1) is 6.04 Å². The summed E-state index contributed by atoms with van der Waals surface area (Å²) in [6.07, 6.45) is 2.22. The molecule has 3 rings (SSSR count). The van der Waals surface area contributed by atoms with Crippen molar-refractivity contribution in [3.05, 3.63) is 29.3 Å². The molecule has 0 aromatic heterocycles. The molecule has 0 aliphatic heterocycles. The molecule has 2 saturated carbocycles. The van der Waals surface area contributed by atoms with E-state index in [1.807, 2.05) is 0 Å². The molecule has 0 bridgehead atoms. The number of ether oxygens (including phenoxy) is 1. The topological polar surface area (TPSA) is 66.0 Å². The first-order valence-corrected chi connectivity index (χ1v) is 7.02. The molecule has 0 radical (unpaired) electrons. The van der Waals surface area contributed by atoms with Gasteiger partial charge in [-0.15, -0.1) is 0 Å². The lowest BCUT2D eigenvalue weighted by Gasteiger charge is -2.15. The Hall–Kier alpha value is -1.26. The van der Waals surface area contributed by atoms with Crippen LogP contribution in [0.25, 0.3) is 0 Å². The van der Waals surface area contributed by atoms with E-state index >= 15 is 0 Å². The number of amides is 1. The molecule has 4 atom stereocenters. The van der Waals surface area contributed by atoms with Gasteiger partial charge in [0.1, 0.15) is 5.75 Å². The maximum atomic E-state index is 11.8. The van der Waals surface area contributed by atoms with Crippen molar-refractivity contribution in [2.45, 2.75) is 24.9 Å². The Morgan fingerprint density at radius 1 is 1.32 bits per heavy atom. The van der Waals surface area contributed by atoms with Crippen molar-refractivity contribution in [3.8, 4) is 5.75 Å². The molecule has 0 heterocycles. The molecule has 4 nitrogen and oxygen atoms in total. The lowest BCUT2D eigenvalue weighted by molar-refractivity contribution is -0.423. The Bertz CT molecular complexity index is 477. The Balaban J connectivity index is 1.45. The summed E-state index contributed by atoms with van der Waals surface area (Å²) in [7, 11) is 0. The van der Waals surface area contributed by atoms with Crippen LogP contribution in [0.4, 0.5) is 0 Å². The van der Waals surface area contributed by atoms with Gasteiger partial charge in [0.15, 0.2) is 6.61 Å². The molecule has 2 aliphatic rings. The van der Waals surface area contributed by atoms with Gasteiger partial charge < -0.3 is 15.8 Å². The van der Waals surface area contributed by atoms with Crippen LogP contribution in [0.3, 0.4) is 0 Å². The van der Waals surface area contributed by atoms with E-state index in [-0.39, 0.29) is 12.5 Å². The van der Waals surface area contributed by atoms with Crippen molar-refractivity contribution in [2.75, 3.05) is 6.61 Å². The predicted molar refractivity (Wildman–Crippen MR) is 71.8 cm³/mol. The summed E-state index contributed by atoms with van der Waals surface area (Å²) in [5.41, 5.74) is 4.12. The highest BCUT2D eigenvalue weighted by Gasteiger charge is 2.55. The zero-order valence-corrected chi connectivity index (χ0v) is 11.4. The van der Waals surface area contributed by atoms with Crippen molar-refractivity contribution >= 4 is 17.5 Å². The number of halogens is 1. The standard InChI is InChI=1S/C14H17ClN2O2/c15-8-1-3-9(4-2-8)19-7-14(18)17-13-6-12(16)10-5-11(10)13/h1-4,10-13H,5-7,16H2,(H,17,18)/p+1/t10?,11?,12-,13+/m0/s1. The molecule has 1 aromatic carbocycles. The van der Waals surface area contributed by atoms with Crippen molar-refractivity contribution in [3.63, 3.8) is 0 Å². The highest BCUT2D eigenvalue weighted by atomic mass is 35.5. The van der Waals surface area contributed by atoms with Crippen LogP contribution in [0.15, 0.2) is 24.3 Å². The number of carbonyl (C=O) groups excluding carboxylic acids is 1. The molecule has 1 amide bonds. The number of hydrogen-bond acceptors (Lipinski definition) is 2. The van der Waals surface area contributed by atoms with Crippen molar-refractivity contribution in [1.29, 1.82) is 0 Å². The summed E-state index contributed by atoms with van der Waals surface area (Å²) in [6.45, 7) is 0.0529. The highest BCUT2D eigenvalue weighted by molar-refractivity contribution is 6.30. The lowest BCUT2D eigenvalue weighted by atomic mass is 10.1. The third-order valence-corrected chi connectivity index (χ3v) is 4.35. The van der Waals surface area contributed by atoms with Gasteiger partial charge in [0, 0.05) is 23.4 Å². The van der Waals surface area contributed by atoms with Crippen molar-refractivity contribution in [1.82, 2.24) is 5.32 Å². The summed E-state index contributed by atoms with van der Waals surface area (Å²) in [4.78, 5) is 11.8. The second kappa shape index (κ2) is 5.02. The Labute approximate surface area is 117 Å². The second-order valence-electron chi connectivity index (χ2n) is 5.48. The van der Waals surface area contributed by atoms with Gasteiger partial charge >= 0.3 is 0 Å².